The van der Waals surface area contributed by atoms with Gasteiger partial charge in [0.1, 0.15) is 0 Å². The van der Waals surface area contributed by atoms with Crippen LogP contribution in [0.4, 0.5) is 0 Å². The van der Waals surface area contributed by atoms with E-state index in [1.165, 1.54) is 11.3 Å². The molecule has 0 saturated carbocycles. The molecule has 3 N–H and O–H groups in total. The fourth-order valence-electron chi connectivity index (χ4n) is 3.12. The SMILES string of the molecule is O=C(CCCNC(=O)c1cccs1)NNC(=O)c1nc(-c2ccccc2)n(-c2ccccc2)n1. The molecule has 4 aromatic rings. The molecule has 0 bridgehead atoms. The number of aromatic nitrogens is 3. The standard InChI is InChI=1S/C24H22N6O3S/c31-20(14-7-15-25-23(32)19-13-8-16-34-19)27-28-24(33)21-26-22(17-9-3-1-4-10-17)30(29-21)18-11-5-2-6-12-18/h1-6,8-13,16H,7,14-15H2,(H,25,32)(H,27,31)(H,28,33). The van der Waals surface area contributed by atoms with Crippen LogP contribution in [0, 0.1) is 0 Å². The normalized spacial score (nSPS) is 10.5. The molecule has 0 saturated heterocycles. The van der Waals surface area contributed by atoms with Crippen LogP contribution in [0.15, 0.2) is 78.2 Å². The average Bonchev–Trinajstić information content (AvgIpc) is 3.57. The van der Waals surface area contributed by atoms with Crippen molar-refractivity contribution in [2.24, 2.45) is 0 Å². The third-order valence-electron chi connectivity index (χ3n) is 4.77. The molecule has 0 spiro atoms. The summed E-state index contributed by atoms with van der Waals surface area (Å²) >= 11 is 1.35. The van der Waals surface area contributed by atoms with Crippen molar-refractivity contribution in [2.45, 2.75) is 12.8 Å². The molecule has 2 aromatic heterocycles. The fourth-order valence-corrected chi connectivity index (χ4v) is 3.76. The van der Waals surface area contributed by atoms with E-state index in [1.54, 1.807) is 16.8 Å². The summed E-state index contributed by atoms with van der Waals surface area (Å²) in [5, 5.41) is 8.93. The first-order valence-corrected chi connectivity index (χ1v) is 11.5. The minimum absolute atomic E-state index is 0.0776. The van der Waals surface area contributed by atoms with Gasteiger partial charge in [0.05, 0.1) is 10.6 Å². The molecule has 34 heavy (non-hydrogen) atoms. The number of rotatable bonds is 8. The molecule has 172 valence electrons. The Kier molecular flexibility index (Phi) is 7.41. The molecular weight excluding hydrogens is 452 g/mol. The molecule has 0 aliphatic heterocycles. The van der Waals surface area contributed by atoms with Crippen molar-refractivity contribution >= 4 is 29.1 Å². The van der Waals surface area contributed by atoms with Crippen molar-refractivity contribution in [1.29, 1.82) is 0 Å². The molecule has 3 amide bonds. The van der Waals surface area contributed by atoms with E-state index >= 15 is 0 Å². The van der Waals surface area contributed by atoms with Crippen LogP contribution in [0.2, 0.25) is 0 Å². The molecule has 10 heteroatoms. The van der Waals surface area contributed by atoms with Crippen molar-refractivity contribution in [1.82, 2.24) is 30.9 Å². The zero-order chi connectivity index (χ0) is 23.8. The van der Waals surface area contributed by atoms with Crippen LogP contribution in [0.3, 0.4) is 0 Å². The Bertz CT molecular complexity index is 1200. The van der Waals surface area contributed by atoms with E-state index in [9.17, 15) is 14.4 Å². The predicted molar refractivity (Wildman–Crippen MR) is 128 cm³/mol. The van der Waals surface area contributed by atoms with Crippen molar-refractivity contribution in [2.75, 3.05) is 6.54 Å². The summed E-state index contributed by atoms with van der Waals surface area (Å²) in [6, 6.07) is 22.3. The zero-order valence-electron chi connectivity index (χ0n) is 18.1. The van der Waals surface area contributed by atoms with Gasteiger partial charge in [-0.05, 0) is 30.0 Å². The minimum atomic E-state index is -0.633. The van der Waals surface area contributed by atoms with E-state index < -0.39 is 5.91 Å². The van der Waals surface area contributed by atoms with Gasteiger partial charge in [0.25, 0.3) is 5.91 Å². The predicted octanol–water partition coefficient (Wildman–Crippen LogP) is 2.97. The topological polar surface area (TPSA) is 118 Å². The van der Waals surface area contributed by atoms with E-state index in [0.29, 0.717) is 23.7 Å². The summed E-state index contributed by atoms with van der Waals surface area (Å²) in [4.78, 5) is 41.6. The molecular formula is C24H22N6O3S. The van der Waals surface area contributed by atoms with Crippen LogP contribution < -0.4 is 16.2 Å². The van der Waals surface area contributed by atoms with E-state index in [2.05, 4.69) is 26.3 Å². The number of nitrogens with one attached hydrogen (secondary N) is 3. The van der Waals surface area contributed by atoms with Gasteiger partial charge in [0.2, 0.25) is 11.7 Å². The monoisotopic (exact) mass is 474 g/mol. The highest BCUT2D eigenvalue weighted by atomic mass is 32.1. The number of thiophene rings is 1. The maximum atomic E-state index is 12.6. The Morgan fingerprint density at radius 2 is 1.59 bits per heavy atom. The molecule has 0 atom stereocenters. The van der Waals surface area contributed by atoms with Crippen molar-refractivity contribution < 1.29 is 14.4 Å². The molecule has 0 unspecified atom stereocenters. The quantitative estimate of drug-likeness (QED) is 0.268. The first kappa shape index (κ1) is 22.9. The number of amides is 3. The lowest BCUT2D eigenvalue weighted by Crippen LogP contribution is -2.42. The first-order valence-electron chi connectivity index (χ1n) is 10.6. The van der Waals surface area contributed by atoms with Crippen LogP contribution in [0.5, 0.6) is 0 Å². The summed E-state index contributed by atoms with van der Waals surface area (Å²) < 4.78 is 1.59. The van der Waals surface area contributed by atoms with Crippen molar-refractivity contribution in [3.8, 4) is 17.1 Å². The van der Waals surface area contributed by atoms with E-state index in [0.717, 1.165) is 11.3 Å². The number of carbonyl (C=O) groups excluding carboxylic acids is 3. The maximum absolute atomic E-state index is 12.6. The van der Waals surface area contributed by atoms with E-state index in [1.807, 2.05) is 66.0 Å². The van der Waals surface area contributed by atoms with Crippen LogP contribution in [-0.4, -0.2) is 39.0 Å². The van der Waals surface area contributed by atoms with Gasteiger partial charge in [0.15, 0.2) is 5.82 Å². The van der Waals surface area contributed by atoms with Gasteiger partial charge < -0.3 is 5.32 Å². The van der Waals surface area contributed by atoms with Gasteiger partial charge in [-0.3, -0.25) is 25.2 Å². The van der Waals surface area contributed by atoms with Gasteiger partial charge in [-0.1, -0.05) is 54.6 Å². The highest BCUT2D eigenvalue weighted by Crippen LogP contribution is 2.20. The lowest BCUT2D eigenvalue weighted by Gasteiger charge is -2.06. The third kappa shape index (κ3) is 5.73. The highest BCUT2D eigenvalue weighted by molar-refractivity contribution is 7.12. The molecule has 0 fully saturated rings. The molecule has 9 nitrogen and oxygen atoms in total. The molecule has 0 radical (unpaired) electrons. The van der Waals surface area contributed by atoms with Gasteiger partial charge >= 0.3 is 5.91 Å². The van der Waals surface area contributed by atoms with Crippen molar-refractivity contribution in [3.63, 3.8) is 0 Å². The molecule has 0 aliphatic rings. The first-order chi connectivity index (χ1) is 16.6. The Hall–Kier alpha value is -4.31. The van der Waals surface area contributed by atoms with Crippen LogP contribution in [0.1, 0.15) is 33.1 Å². The lowest BCUT2D eigenvalue weighted by atomic mass is 10.2. The number of hydrogen-bond donors (Lipinski definition) is 3. The summed E-state index contributed by atoms with van der Waals surface area (Å²) in [5.74, 6) is -0.760. The second-order valence-corrected chi connectivity index (χ2v) is 8.16. The Morgan fingerprint density at radius 1 is 0.853 bits per heavy atom. The smallest absolute Gasteiger partial charge is 0.309 e. The molecule has 2 aromatic carbocycles. The number of hydrazine groups is 1. The summed E-state index contributed by atoms with van der Waals surface area (Å²) in [7, 11) is 0. The number of hydrogen-bond acceptors (Lipinski definition) is 6. The Balaban J connectivity index is 1.33. The number of benzene rings is 2. The van der Waals surface area contributed by atoms with E-state index in [-0.39, 0.29) is 24.1 Å². The molecule has 4 rings (SSSR count). The third-order valence-corrected chi connectivity index (χ3v) is 5.64. The second-order valence-electron chi connectivity index (χ2n) is 7.21. The highest BCUT2D eigenvalue weighted by Gasteiger charge is 2.19. The summed E-state index contributed by atoms with van der Waals surface area (Å²) in [6.07, 6.45) is 0.560. The average molecular weight is 475 g/mol. The maximum Gasteiger partial charge on any atom is 0.309 e. The molecule has 2 heterocycles. The lowest BCUT2D eigenvalue weighted by molar-refractivity contribution is -0.121. The van der Waals surface area contributed by atoms with Crippen LogP contribution in [0.25, 0.3) is 17.1 Å². The fraction of sp³-hybridized carbons (Fsp3) is 0.125. The summed E-state index contributed by atoms with van der Waals surface area (Å²) in [6.45, 7) is 0.349. The van der Waals surface area contributed by atoms with Gasteiger partial charge in [-0.2, -0.15) is 0 Å². The minimum Gasteiger partial charge on any atom is -0.351 e. The number of nitrogens with zero attached hydrogens (tertiary/aromatic N) is 3. The Labute approximate surface area is 199 Å². The van der Waals surface area contributed by atoms with Crippen LogP contribution in [-0.2, 0) is 4.79 Å². The largest absolute Gasteiger partial charge is 0.351 e. The van der Waals surface area contributed by atoms with Crippen molar-refractivity contribution in [3.05, 3.63) is 88.9 Å². The summed E-state index contributed by atoms with van der Waals surface area (Å²) in [5.41, 5.74) is 6.27. The zero-order valence-corrected chi connectivity index (χ0v) is 18.9. The number of para-hydroxylation sites is 1. The molecule has 0 aliphatic carbocycles. The van der Waals surface area contributed by atoms with Gasteiger partial charge in [-0.25, -0.2) is 9.67 Å². The second kappa shape index (κ2) is 11.0. The Morgan fingerprint density at radius 3 is 2.29 bits per heavy atom. The van der Waals surface area contributed by atoms with Gasteiger partial charge in [0, 0.05) is 18.5 Å². The van der Waals surface area contributed by atoms with Gasteiger partial charge in [-0.15, -0.1) is 16.4 Å². The number of carbonyl (C=O) groups is 3. The van der Waals surface area contributed by atoms with Crippen LogP contribution >= 0.6 is 11.3 Å². The van der Waals surface area contributed by atoms with E-state index in [4.69, 9.17) is 0 Å².